The van der Waals surface area contributed by atoms with E-state index in [1.165, 1.54) is 0 Å². The van der Waals surface area contributed by atoms with Crippen LogP contribution in [-0.2, 0) is 11.4 Å². The van der Waals surface area contributed by atoms with Crippen molar-refractivity contribution in [2.45, 2.75) is 12.6 Å². The van der Waals surface area contributed by atoms with Crippen LogP contribution in [-0.4, -0.2) is 30.8 Å². The minimum Gasteiger partial charge on any atom is -0.390 e. The SMILES string of the molecule is NC(=O)C(N)c1cccc(-c2ccc3cnn(-c4cccc(CO)n4)c3c2)n1. The molecule has 0 saturated heterocycles. The number of fused-ring (bicyclic) bond motifs is 1. The summed E-state index contributed by atoms with van der Waals surface area (Å²) in [4.78, 5) is 20.3. The lowest BCUT2D eigenvalue weighted by molar-refractivity contribution is -0.119. The fraction of sp³-hybridized carbons (Fsp3) is 0.100. The Morgan fingerprint density at radius 2 is 1.93 bits per heavy atom. The van der Waals surface area contributed by atoms with Crippen molar-refractivity contribution in [3.05, 3.63) is 72.2 Å². The number of amides is 1. The largest absolute Gasteiger partial charge is 0.390 e. The maximum Gasteiger partial charge on any atom is 0.240 e. The molecule has 0 radical (unpaired) electrons. The first-order valence-corrected chi connectivity index (χ1v) is 8.64. The molecule has 28 heavy (non-hydrogen) atoms. The third-order valence-corrected chi connectivity index (χ3v) is 4.43. The summed E-state index contributed by atoms with van der Waals surface area (Å²) >= 11 is 0. The van der Waals surface area contributed by atoms with E-state index in [-0.39, 0.29) is 6.61 Å². The maximum absolute atomic E-state index is 11.4. The van der Waals surface area contributed by atoms with Crippen LogP contribution in [0.15, 0.2) is 60.8 Å². The number of primary amides is 1. The molecule has 3 heterocycles. The number of nitrogens with zero attached hydrogens (tertiary/aromatic N) is 4. The summed E-state index contributed by atoms with van der Waals surface area (Å²) in [6.07, 6.45) is 1.75. The molecule has 0 bridgehead atoms. The van der Waals surface area contributed by atoms with Crippen LogP contribution in [0, 0.1) is 0 Å². The number of hydrogen-bond donors (Lipinski definition) is 3. The first-order valence-electron chi connectivity index (χ1n) is 8.64. The number of benzene rings is 1. The van der Waals surface area contributed by atoms with E-state index in [9.17, 15) is 9.90 Å². The molecule has 1 aromatic carbocycles. The summed E-state index contributed by atoms with van der Waals surface area (Å²) in [6.45, 7) is -0.144. The molecule has 0 aliphatic carbocycles. The van der Waals surface area contributed by atoms with Gasteiger partial charge in [0.2, 0.25) is 5.91 Å². The molecule has 1 atom stereocenters. The molecule has 4 aromatic rings. The van der Waals surface area contributed by atoms with Crippen LogP contribution < -0.4 is 11.5 Å². The molecule has 1 unspecified atom stereocenters. The predicted octanol–water partition coefficient (Wildman–Crippen LogP) is 1.46. The van der Waals surface area contributed by atoms with Crippen molar-refractivity contribution in [3.63, 3.8) is 0 Å². The van der Waals surface area contributed by atoms with Gasteiger partial charge in [-0.05, 0) is 30.3 Å². The Bertz CT molecular complexity index is 1170. The quantitative estimate of drug-likeness (QED) is 0.484. The highest BCUT2D eigenvalue weighted by Crippen LogP contribution is 2.25. The van der Waals surface area contributed by atoms with Gasteiger partial charge in [0.15, 0.2) is 5.82 Å². The van der Waals surface area contributed by atoms with Crippen molar-refractivity contribution in [1.29, 1.82) is 0 Å². The van der Waals surface area contributed by atoms with Gasteiger partial charge in [-0.15, -0.1) is 0 Å². The minimum atomic E-state index is -0.959. The van der Waals surface area contributed by atoms with Crippen molar-refractivity contribution in [3.8, 4) is 17.1 Å². The van der Waals surface area contributed by atoms with Gasteiger partial charge in [0.25, 0.3) is 0 Å². The molecule has 140 valence electrons. The normalized spacial score (nSPS) is 12.2. The fourth-order valence-corrected chi connectivity index (χ4v) is 2.96. The van der Waals surface area contributed by atoms with Gasteiger partial charge in [-0.25, -0.2) is 9.67 Å². The lowest BCUT2D eigenvalue weighted by Crippen LogP contribution is -2.29. The van der Waals surface area contributed by atoms with Crippen molar-refractivity contribution >= 4 is 16.8 Å². The summed E-state index contributed by atoms with van der Waals surface area (Å²) in [6, 6.07) is 15.5. The van der Waals surface area contributed by atoms with Crippen LogP contribution in [0.2, 0.25) is 0 Å². The third kappa shape index (κ3) is 3.22. The lowest BCUT2D eigenvalue weighted by Gasteiger charge is -2.09. The fourth-order valence-electron chi connectivity index (χ4n) is 2.96. The average molecular weight is 374 g/mol. The highest BCUT2D eigenvalue weighted by atomic mass is 16.3. The van der Waals surface area contributed by atoms with Crippen LogP contribution in [0.1, 0.15) is 17.4 Å². The van der Waals surface area contributed by atoms with E-state index in [1.54, 1.807) is 29.1 Å². The van der Waals surface area contributed by atoms with E-state index in [2.05, 4.69) is 15.1 Å². The molecule has 3 aromatic heterocycles. The number of pyridine rings is 2. The van der Waals surface area contributed by atoms with Gasteiger partial charge in [0.05, 0.1) is 35.4 Å². The molecule has 8 heteroatoms. The van der Waals surface area contributed by atoms with E-state index >= 15 is 0 Å². The Balaban J connectivity index is 1.80. The number of rotatable bonds is 5. The summed E-state index contributed by atoms with van der Waals surface area (Å²) in [5.74, 6) is -0.0239. The summed E-state index contributed by atoms with van der Waals surface area (Å²) < 4.78 is 1.71. The van der Waals surface area contributed by atoms with Gasteiger partial charge in [-0.3, -0.25) is 9.78 Å². The molecule has 0 fully saturated rings. The van der Waals surface area contributed by atoms with Crippen LogP contribution in [0.3, 0.4) is 0 Å². The second kappa shape index (κ2) is 7.18. The third-order valence-electron chi connectivity index (χ3n) is 4.43. The first-order chi connectivity index (χ1) is 13.6. The predicted molar refractivity (Wildman–Crippen MR) is 104 cm³/mol. The van der Waals surface area contributed by atoms with Crippen LogP contribution in [0.5, 0.6) is 0 Å². The van der Waals surface area contributed by atoms with Crippen molar-refractivity contribution in [1.82, 2.24) is 19.7 Å². The molecule has 8 nitrogen and oxygen atoms in total. The van der Waals surface area contributed by atoms with E-state index < -0.39 is 11.9 Å². The minimum absolute atomic E-state index is 0.144. The van der Waals surface area contributed by atoms with E-state index in [4.69, 9.17) is 11.5 Å². The van der Waals surface area contributed by atoms with Crippen molar-refractivity contribution in [2.24, 2.45) is 11.5 Å². The van der Waals surface area contributed by atoms with Gasteiger partial charge in [-0.2, -0.15) is 5.10 Å². The molecule has 0 aliphatic rings. The number of carbonyl (C=O) groups excluding carboxylic acids is 1. The van der Waals surface area contributed by atoms with E-state index in [0.29, 0.717) is 22.9 Å². The van der Waals surface area contributed by atoms with Gasteiger partial charge >= 0.3 is 0 Å². The number of aliphatic hydroxyl groups excluding tert-OH is 1. The zero-order valence-corrected chi connectivity index (χ0v) is 14.9. The van der Waals surface area contributed by atoms with Gasteiger partial charge < -0.3 is 16.6 Å². The molecule has 1 amide bonds. The number of aromatic nitrogens is 4. The zero-order valence-electron chi connectivity index (χ0n) is 14.9. The second-order valence-corrected chi connectivity index (χ2v) is 6.30. The molecule has 0 spiro atoms. The maximum atomic E-state index is 11.4. The van der Waals surface area contributed by atoms with Crippen LogP contribution >= 0.6 is 0 Å². The highest BCUT2D eigenvalue weighted by molar-refractivity contribution is 5.85. The Hall–Kier alpha value is -3.62. The van der Waals surface area contributed by atoms with E-state index in [0.717, 1.165) is 16.5 Å². The highest BCUT2D eigenvalue weighted by Gasteiger charge is 2.15. The smallest absolute Gasteiger partial charge is 0.240 e. The van der Waals surface area contributed by atoms with Gasteiger partial charge in [0.1, 0.15) is 6.04 Å². The van der Waals surface area contributed by atoms with Crippen molar-refractivity contribution < 1.29 is 9.90 Å². The van der Waals surface area contributed by atoms with Gasteiger partial charge in [-0.1, -0.05) is 24.3 Å². The molecule has 0 saturated carbocycles. The molecule has 5 N–H and O–H groups in total. The first kappa shape index (κ1) is 17.8. The van der Waals surface area contributed by atoms with Crippen LogP contribution in [0.25, 0.3) is 28.0 Å². The summed E-state index contributed by atoms with van der Waals surface area (Å²) in [7, 11) is 0. The number of nitrogens with two attached hydrogens (primary N) is 2. The summed E-state index contributed by atoms with van der Waals surface area (Å²) in [5, 5.41) is 14.7. The number of aliphatic hydroxyl groups is 1. The standard InChI is InChI=1S/C20H18N6O2/c21-19(20(22)28)16-5-2-4-15(25-16)12-7-8-13-10-23-26(17(13)9-12)18-6-1-3-14(11-27)24-18/h1-10,19,27H,11,21H2,(H2,22,28). The Kier molecular flexibility index (Phi) is 4.56. The topological polar surface area (TPSA) is 133 Å². The van der Waals surface area contributed by atoms with Gasteiger partial charge in [0, 0.05) is 10.9 Å². The second-order valence-electron chi connectivity index (χ2n) is 6.30. The number of hydrogen-bond acceptors (Lipinski definition) is 6. The van der Waals surface area contributed by atoms with E-state index in [1.807, 2.05) is 36.4 Å². The lowest BCUT2D eigenvalue weighted by atomic mass is 10.1. The average Bonchev–Trinajstić information content (AvgIpc) is 3.16. The zero-order chi connectivity index (χ0) is 19.7. The Morgan fingerprint density at radius 1 is 1.11 bits per heavy atom. The van der Waals surface area contributed by atoms with Crippen molar-refractivity contribution in [2.75, 3.05) is 0 Å². The number of carbonyl (C=O) groups is 1. The molecule has 4 rings (SSSR count). The molecular formula is C20H18N6O2. The summed E-state index contributed by atoms with van der Waals surface area (Å²) in [5.41, 5.74) is 14.4. The molecular weight excluding hydrogens is 356 g/mol. The Morgan fingerprint density at radius 3 is 2.71 bits per heavy atom. The molecule has 0 aliphatic heterocycles. The monoisotopic (exact) mass is 374 g/mol. The Labute approximate surface area is 160 Å². The van der Waals surface area contributed by atoms with Crippen LogP contribution in [0.4, 0.5) is 0 Å².